The zero-order valence-corrected chi connectivity index (χ0v) is 22.9. The Hall–Kier alpha value is -5.94. The minimum Gasteiger partial charge on any atom is -0.456 e. The number of fused-ring (bicyclic) bond motifs is 6. The van der Waals surface area contributed by atoms with Crippen molar-refractivity contribution in [1.82, 2.24) is 19.9 Å². The largest absolute Gasteiger partial charge is 0.456 e. The number of benzene rings is 6. The molecule has 0 aliphatic heterocycles. The van der Waals surface area contributed by atoms with Crippen LogP contribution in [0.15, 0.2) is 138 Å². The van der Waals surface area contributed by atoms with E-state index in [-0.39, 0.29) is 0 Å². The number of pyridine rings is 1. The third-order valence-corrected chi connectivity index (χ3v) is 8.15. The molecule has 200 valence electrons. The third-order valence-electron chi connectivity index (χ3n) is 8.15. The molecule has 0 amide bonds. The first-order valence-corrected chi connectivity index (χ1v) is 14.2. The van der Waals surface area contributed by atoms with Crippen molar-refractivity contribution >= 4 is 54.3 Å². The van der Waals surface area contributed by atoms with Crippen LogP contribution in [0, 0.1) is 0 Å². The van der Waals surface area contributed by atoms with Gasteiger partial charge in [0.15, 0.2) is 17.5 Å². The van der Waals surface area contributed by atoms with Gasteiger partial charge in [-0.2, -0.15) is 0 Å². The molecular weight excluding hydrogens is 528 g/mol. The highest BCUT2D eigenvalue weighted by Crippen LogP contribution is 2.38. The van der Waals surface area contributed by atoms with E-state index in [1.165, 1.54) is 10.8 Å². The smallest absolute Gasteiger partial charge is 0.164 e. The fraction of sp³-hybridized carbons (Fsp3) is 0. The topological polar surface area (TPSA) is 64.7 Å². The van der Waals surface area contributed by atoms with E-state index >= 15 is 0 Å². The quantitative estimate of drug-likeness (QED) is 0.219. The van der Waals surface area contributed by atoms with E-state index in [9.17, 15) is 0 Å². The van der Waals surface area contributed by atoms with E-state index in [1.807, 2.05) is 24.4 Å². The van der Waals surface area contributed by atoms with Gasteiger partial charge < -0.3 is 4.42 Å². The number of hydrogen-bond donors (Lipinski definition) is 0. The molecule has 0 atom stereocenters. The van der Waals surface area contributed by atoms with Crippen LogP contribution in [-0.4, -0.2) is 19.9 Å². The number of furan rings is 1. The van der Waals surface area contributed by atoms with Gasteiger partial charge in [0.25, 0.3) is 0 Å². The van der Waals surface area contributed by atoms with Crippen LogP contribution in [0.3, 0.4) is 0 Å². The summed E-state index contributed by atoms with van der Waals surface area (Å²) in [7, 11) is 0. The van der Waals surface area contributed by atoms with Gasteiger partial charge in [0, 0.05) is 45.2 Å². The average molecular weight is 551 g/mol. The van der Waals surface area contributed by atoms with Crippen LogP contribution in [0.5, 0.6) is 0 Å². The molecule has 0 spiro atoms. The lowest BCUT2D eigenvalue weighted by Crippen LogP contribution is -2.00. The summed E-state index contributed by atoms with van der Waals surface area (Å²) in [5.41, 5.74) is 4.37. The van der Waals surface area contributed by atoms with Gasteiger partial charge in [-0.3, -0.25) is 4.98 Å². The lowest BCUT2D eigenvalue weighted by molar-refractivity contribution is 0.669. The molecule has 6 aromatic carbocycles. The van der Waals surface area contributed by atoms with E-state index in [0.717, 1.165) is 60.2 Å². The average Bonchev–Trinajstić information content (AvgIpc) is 3.44. The molecule has 0 bridgehead atoms. The summed E-state index contributed by atoms with van der Waals surface area (Å²) in [6, 6.07) is 41.6. The Morgan fingerprint density at radius 1 is 0.442 bits per heavy atom. The van der Waals surface area contributed by atoms with Crippen molar-refractivity contribution < 1.29 is 4.42 Å². The summed E-state index contributed by atoms with van der Waals surface area (Å²) in [6.45, 7) is 0. The monoisotopic (exact) mass is 550 g/mol. The van der Waals surface area contributed by atoms with Gasteiger partial charge in [0.2, 0.25) is 0 Å². The molecule has 9 aromatic rings. The number of rotatable bonds is 3. The number of aromatic nitrogens is 4. The Morgan fingerprint density at radius 3 is 1.77 bits per heavy atom. The Bertz CT molecular complexity index is 2430. The molecule has 0 aliphatic carbocycles. The molecule has 5 heteroatoms. The highest BCUT2D eigenvalue weighted by Gasteiger charge is 2.18. The van der Waals surface area contributed by atoms with Crippen LogP contribution >= 0.6 is 0 Å². The van der Waals surface area contributed by atoms with Gasteiger partial charge in [-0.25, -0.2) is 15.0 Å². The van der Waals surface area contributed by atoms with Crippen molar-refractivity contribution in [3.63, 3.8) is 0 Å². The van der Waals surface area contributed by atoms with Crippen molar-refractivity contribution in [3.8, 4) is 34.2 Å². The van der Waals surface area contributed by atoms with Crippen molar-refractivity contribution in [2.75, 3.05) is 0 Å². The fourth-order valence-electron chi connectivity index (χ4n) is 6.01. The minimum absolute atomic E-state index is 0.598. The second-order valence-electron chi connectivity index (χ2n) is 10.8. The first-order valence-electron chi connectivity index (χ1n) is 14.2. The molecule has 0 aliphatic rings. The maximum Gasteiger partial charge on any atom is 0.164 e. The fourth-order valence-corrected chi connectivity index (χ4v) is 6.01. The van der Waals surface area contributed by atoms with Gasteiger partial charge in [-0.05, 0) is 63.3 Å². The van der Waals surface area contributed by atoms with Crippen LogP contribution < -0.4 is 0 Å². The van der Waals surface area contributed by atoms with Gasteiger partial charge in [0.05, 0.1) is 0 Å². The Kier molecular flexibility index (Phi) is 5.13. The zero-order chi connectivity index (χ0) is 28.3. The summed E-state index contributed by atoms with van der Waals surface area (Å²) >= 11 is 0. The molecular formula is C38H22N4O. The molecule has 0 unspecified atom stereocenters. The SMILES string of the molecule is c1ccc2cc(-c3nc(-c4ccc5ccccc5c4)nc(-c4cccc5oc6cc7ccncc7cc6c45)n3)ccc2c1. The highest BCUT2D eigenvalue weighted by molar-refractivity contribution is 6.15. The van der Waals surface area contributed by atoms with E-state index in [2.05, 4.69) is 108 Å². The molecule has 0 radical (unpaired) electrons. The second kappa shape index (κ2) is 9.29. The predicted molar refractivity (Wildman–Crippen MR) is 174 cm³/mol. The van der Waals surface area contributed by atoms with E-state index < -0.39 is 0 Å². The van der Waals surface area contributed by atoms with E-state index in [0.29, 0.717) is 17.5 Å². The van der Waals surface area contributed by atoms with Crippen LogP contribution in [0.25, 0.3) is 88.4 Å². The summed E-state index contributed by atoms with van der Waals surface area (Å²) in [6.07, 6.45) is 3.69. The van der Waals surface area contributed by atoms with Crippen LogP contribution in [0.1, 0.15) is 0 Å². The molecule has 0 saturated heterocycles. The van der Waals surface area contributed by atoms with Gasteiger partial charge in [-0.1, -0.05) is 84.9 Å². The standard InChI is InChI=1S/C38H22N4O/c1-3-8-25-18-28(14-12-23(25)6-1)36-40-37(29-15-13-24-7-2-4-9-26(24)19-29)42-38(41-36)31-10-5-11-33-35(31)32-20-30-22-39-17-16-27(30)21-34(32)43-33/h1-22H. The van der Waals surface area contributed by atoms with Crippen LogP contribution in [0.2, 0.25) is 0 Å². The summed E-state index contributed by atoms with van der Waals surface area (Å²) in [5, 5.41) is 8.74. The van der Waals surface area contributed by atoms with Gasteiger partial charge in [-0.15, -0.1) is 0 Å². The second-order valence-corrected chi connectivity index (χ2v) is 10.8. The molecule has 0 N–H and O–H groups in total. The van der Waals surface area contributed by atoms with E-state index in [4.69, 9.17) is 19.4 Å². The number of hydrogen-bond acceptors (Lipinski definition) is 5. The van der Waals surface area contributed by atoms with Crippen molar-refractivity contribution in [2.24, 2.45) is 0 Å². The lowest BCUT2D eigenvalue weighted by Gasteiger charge is -2.10. The highest BCUT2D eigenvalue weighted by atomic mass is 16.3. The molecule has 0 fully saturated rings. The van der Waals surface area contributed by atoms with E-state index in [1.54, 1.807) is 6.20 Å². The summed E-state index contributed by atoms with van der Waals surface area (Å²) in [4.78, 5) is 19.5. The summed E-state index contributed by atoms with van der Waals surface area (Å²) in [5.74, 6) is 1.85. The zero-order valence-electron chi connectivity index (χ0n) is 22.9. The van der Waals surface area contributed by atoms with Crippen molar-refractivity contribution in [3.05, 3.63) is 134 Å². The maximum atomic E-state index is 6.36. The van der Waals surface area contributed by atoms with Crippen molar-refractivity contribution in [2.45, 2.75) is 0 Å². The van der Waals surface area contributed by atoms with Crippen LogP contribution in [0.4, 0.5) is 0 Å². The van der Waals surface area contributed by atoms with Gasteiger partial charge >= 0.3 is 0 Å². The molecule has 9 rings (SSSR count). The Labute approximate surface area is 246 Å². The van der Waals surface area contributed by atoms with Gasteiger partial charge in [0.1, 0.15) is 11.2 Å². The Balaban J connectivity index is 1.32. The first kappa shape index (κ1) is 23.7. The number of nitrogens with zero attached hydrogens (tertiary/aromatic N) is 4. The maximum absolute atomic E-state index is 6.36. The molecule has 5 nitrogen and oxygen atoms in total. The summed E-state index contributed by atoms with van der Waals surface area (Å²) < 4.78 is 6.36. The third kappa shape index (κ3) is 3.94. The molecule has 0 saturated carbocycles. The van der Waals surface area contributed by atoms with Crippen molar-refractivity contribution in [1.29, 1.82) is 0 Å². The lowest BCUT2D eigenvalue weighted by atomic mass is 10.0. The predicted octanol–water partition coefficient (Wildman–Crippen LogP) is 9.63. The normalized spacial score (nSPS) is 11.7. The molecule has 43 heavy (non-hydrogen) atoms. The van der Waals surface area contributed by atoms with Crippen LogP contribution in [-0.2, 0) is 0 Å². The minimum atomic E-state index is 0.598. The Morgan fingerprint density at radius 2 is 1.07 bits per heavy atom. The molecule has 3 aromatic heterocycles. The first-order chi connectivity index (χ1) is 21.3. The molecule has 3 heterocycles.